The number of carbonyl (C=O) groups excluding carboxylic acids is 1. The van der Waals surface area contributed by atoms with Gasteiger partial charge in [-0.15, -0.1) is 0 Å². The molecule has 0 radical (unpaired) electrons. The first kappa shape index (κ1) is 14.4. The number of benzene rings is 1. The minimum atomic E-state index is -3.54. The minimum absolute atomic E-state index is 0.137. The second kappa shape index (κ2) is 5.77. The van der Waals surface area contributed by atoms with Gasteiger partial charge in [0, 0.05) is 0 Å². The second-order valence-corrected chi connectivity index (χ2v) is 6.03. The fraction of sp³-hybridized carbons (Fsp3) is 0.333. The standard InChI is InChI=1S/C12H14O5S/c1-9(13)11(12(14)15)7-8-18(16,17)10-5-3-2-4-6-10/h2-6,11H,7-8H2,1H3,(H,14,15). The highest BCUT2D eigenvalue weighted by Crippen LogP contribution is 2.14. The Balaban J connectivity index is 2.80. The topological polar surface area (TPSA) is 88.5 Å². The van der Waals surface area contributed by atoms with Crippen LogP contribution in [0.1, 0.15) is 13.3 Å². The monoisotopic (exact) mass is 270 g/mol. The van der Waals surface area contributed by atoms with Gasteiger partial charge in [0.2, 0.25) is 0 Å². The maximum Gasteiger partial charge on any atom is 0.314 e. The number of Topliss-reactive ketones (excluding diaryl/α,β-unsaturated/α-hetero) is 1. The Morgan fingerprint density at radius 1 is 1.22 bits per heavy atom. The number of carboxylic acids is 1. The lowest BCUT2D eigenvalue weighted by atomic mass is 10.0. The molecule has 5 nitrogen and oxygen atoms in total. The molecule has 0 spiro atoms. The van der Waals surface area contributed by atoms with Crippen LogP contribution in [-0.4, -0.2) is 31.0 Å². The fourth-order valence-electron chi connectivity index (χ4n) is 1.52. The fourth-order valence-corrected chi connectivity index (χ4v) is 2.87. The van der Waals surface area contributed by atoms with Crippen molar-refractivity contribution in [2.45, 2.75) is 18.2 Å². The molecule has 18 heavy (non-hydrogen) atoms. The smallest absolute Gasteiger partial charge is 0.314 e. The van der Waals surface area contributed by atoms with E-state index < -0.39 is 27.5 Å². The molecule has 0 amide bonds. The van der Waals surface area contributed by atoms with Gasteiger partial charge >= 0.3 is 5.97 Å². The van der Waals surface area contributed by atoms with Gasteiger partial charge in [-0.3, -0.25) is 9.59 Å². The van der Waals surface area contributed by atoms with Crippen molar-refractivity contribution >= 4 is 21.6 Å². The van der Waals surface area contributed by atoms with Gasteiger partial charge in [-0.2, -0.15) is 0 Å². The number of carboxylic acid groups (broad SMARTS) is 1. The normalized spacial score (nSPS) is 12.9. The average Bonchev–Trinajstić information content (AvgIpc) is 2.29. The van der Waals surface area contributed by atoms with Crippen LogP contribution in [0.15, 0.2) is 35.2 Å². The molecule has 0 bridgehead atoms. The Labute approximate surface area is 105 Å². The van der Waals surface area contributed by atoms with E-state index in [0.717, 1.165) is 6.92 Å². The largest absolute Gasteiger partial charge is 0.481 e. The van der Waals surface area contributed by atoms with Gasteiger partial charge in [-0.1, -0.05) is 18.2 Å². The number of sulfone groups is 1. The lowest BCUT2D eigenvalue weighted by Crippen LogP contribution is -2.24. The Kier molecular flexibility index (Phi) is 4.61. The summed E-state index contributed by atoms with van der Waals surface area (Å²) in [6.45, 7) is 1.15. The Morgan fingerprint density at radius 3 is 2.22 bits per heavy atom. The summed E-state index contributed by atoms with van der Waals surface area (Å²) in [6.07, 6.45) is -0.206. The van der Waals surface area contributed by atoms with E-state index in [0.29, 0.717) is 0 Å². The van der Waals surface area contributed by atoms with Crippen LogP contribution in [0.2, 0.25) is 0 Å². The van der Waals surface area contributed by atoms with Crippen LogP contribution < -0.4 is 0 Å². The molecular weight excluding hydrogens is 256 g/mol. The molecule has 0 aliphatic heterocycles. The molecular formula is C12H14O5S. The molecule has 1 aromatic carbocycles. The zero-order valence-corrected chi connectivity index (χ0v) is 10.7. The van der Waals surface area contributed by atoms with Gasteiger partial charge in [-0.05, 0) is 25.5 Å². The SMILES string of the molecule is CC(=O)C(CCS(=O)(=O)c1ccccc1)C(=O)O. The third-order valence-electron chi connectivity index (χ3n) is 2.57. The summed E-state index contributed by atoms with van der Waals surface area (Å²) < 4.78 is 23.8. The van der Waals surface area contributed by atoms with Crippen molar-refractivity contribution in [2.24, 2.45) is 5.92 Å². The summed E-state index contributed by atoms with van der Waals surface area (Å²) in [5, 5.41) is 8.80. The average molecular weight is 270 g/mol. The summed E-state index contributed by atoms with van der Waals surface area (Å²) in [4.78, 5) is 22.0. The van der Waals surface area contributed by atoms with Crippen molar-refractivity contribution in [3.63, 3.8) is 0 Å². The lowest BCUT2D eigenvalue weighted by molar-refractivity contribution is -0.145. The van der Waals surface area contributed by atoms with E-state index in [1.807, 2.05) is 0 Å². The highest BCUT2D eigenvalue weighted by atomic mass is 32.2. The maximum absolute atomic E-state index is 11.9. The Morgan fingerprint density at radius 2 is 1.78 bits per heavy atom. The van der Waals surface area contributed by atoms with Gasteiger partial charge in [0.1, 0.15) is 11.7 Å². The van der Waals surface area contributed by atoms with Crippen LogP contribution in [-0.2, 0) is 19.4 Å². The van der Waals surface area contributed by atoms with Crippen molar-refractivity contribution in [3.05, 3.63) is 30.3 Å². The van der Waals surface area contributed by atoms with E-state index in [1.165, 1.54) is 12.1 Å². The summed E-state index contributed by atoms with van der Waals surface area (Å²) >= 11 is 0. The first-order valence-corrected chi connectivity index (χ1v) is 7.01. The summed E-state index contributed by atoms with van der Waals surface area (Å²) in [7, 11) is -3.54. The van der Waals surface area contributed by atoms with Gasteiger partial charge in [0.05, 0.1) is 10.6 Å². The molecule has 1 atom stereocenters. The van der Waals surface area contributed by atoms with E-state index >= 15 is 0 Å². The van der Waals surface area contributed by atoms with E-state index in [9.17, 15) is 18.0 Å². The number of hydrogen-bond donors (Lipinski definition) is 1. The molecule has 98 valence electrons. The van der Waals surface area contributed by atoms with Crippen LogP contribution in [0.25, 0.3) is 0 Å². The molecule has 0 saturated carbocycles. The van der Waals surface area contributed by atoms with Crippen LogP contribution in [0, 0.1) is 5.92 Å². The van der Waals surface area contributed by atoms with E-state index in [1.54, 1.807) is 18.2 Å². The zero-order chi connectivity index (χ0) is 13.8. The first-order chi connectivity index (χ1) is 8.34. The second-order valence-electron chi connectivity index (χ2n) is 3.92. The van der Waals surface area contributed by atoms with Gasteiger partial charge in [0.25, 0.3) is 0 Å². The predicted molar refractivity (Wildman–Crippen MR) is 64.9 cm³/mol. The van der Waals surface area contributed by atoms with E-state index in [4.69, 9.17) is 5.11 Å². The van der Waals surface area contributed by atoms with Crippen molar-refractivity contribution < 1.29 is 23.1 Å². The van der Waals surface area contributed by atoms with Gasteiger partial charge < -0.3 is 5.11 Å². The third kappa shape index (κ3) is 3.66. The zero-order valence-electron chi connectivity index (χ0n) is 9.87. The first-order valence-electron chi connectivity index (χ1n) is 5.35. The predicted octanol–water partition coefficient (Wildman–Crippen LogP) is 1.14. The van der Waals surface area contributed by atoms with Crippen molar-refractivity contribution in [3.8, 4) is 0 Å². The number of aliphatic carboxylic acids is 1. The van der Waals surface area contributed by atoms with Crippen LogP contribution in [0.5, 0.6) is 0 Å². The number of hydrogen-bond acceptors (Lipinski definition) is 4. The molecule has 0 aromatic heterocycles. The summed E-state index contributed by atoms with van der Waals surface area (Å²) in [6, 6.07) is 7.76. The number of ketones is 1. The molecule has 1 rings (SSSR count). The van der Waals surface area contributed by atoms with Crippen LogP contribution in [0.3, 0.4) is 0 Å². The molecule has 0 heterocycles. The van der Waals surface area contributed by atoms with Crippen LogP contribution in [0.4, 0.5) is 0 Å². The van der Waals surface area contributed by atoms with Crippen molar-refractivity contribution in [2.75, 3.05) is 5.75 Å². The molecule has 0 fully saturated rings. The molecule has 0 saturated heterocycles. The van der Waals surface area contributed by atoms with Crippen molar-refractivity contribution in [1.29, 1.82) is 0 Å². The lowest BCUT2D eigenvalue weighted by Gasteiger charge is -2.09. The Hall–Kier alpha value is -1.69. The van der Waals surface area contributed by atoms with E-state index in [2.05, 4.69) is 0 Å². The van der Waals surface area contributed by atoms with Gasteiger partial charge in [0.15, 0.2) is 9.84 Å². The summed E-state index contributed by atoms with van der Waals surface area (Å²) in [5.41, 5.74) is 0. The quantitative estimate of drug-likeness (QED) is 0.783. The van der Waals surface area contributed by atoms with Gasteiger partial charge in [-0.25, -0.2) is 8.42 Å². The molecule has 1 N–H and O–H groups in total. The summed E-state index contributed by atoms with van der Waals surface area (Å²) in [5.74, 6) is -3.44. The highest BCUT2D eigenvalue weighted by molar-refractivity contribution is 7.91. The molecule has 0 aliphatic rings. The molecule has 0 aliphatic carbocycles. The van der Waals surface area contributed by atoms with Crippen molar-refractivity contribution in [1.82, 2.24) is 0 Å². The highest BCUT2D eigenvalue weighted by Gasteiger charge is 2.25. The number of carbonyl (C=O) groups is 2. The molecule has 1 aromatic rings. The molecule has 1 unspecified atom stereocenters. The maximum atomic E-state index is 11.9. The molecule has 6 heteroatoms. The third-order valence-corrected chi connectivity index (χ3v) is 4.33. The minimum Gasteiger partial charge on any atom is -0.481 e. The van der Waals surface area contributed by atoms with E-state index in [-0.39, 0.29) is 17.1 Å². The Bertz CT molecular complexity index is 519. The van der Waals surface area contributed by atoms with Crippen LogP contribution >= 0.6 is 0 Å². The number of rotatable bonds is 6.